The molecular formula is C17H22N2O3. The van der Waals surface area contributed by atoms with Crippen molar-refractivity contribution in [3.8, 4) is 0 Å². The molecule has 1 aliphatic heterocycles. The van der Waals surface area contributed by atoms with Gasteiger partial charge in [0.2, 0.25) is 12.3 Å². The van der Waals surface area contributed by atoms with Crippen molar-refractivity contribution in [3.05, 3.63) is 48.2 Å². The van der Waals surface area contributed by atoms with E-state index in [1.54, 1.807) is 25.2 Å². The Morgan fingerprint density at radius 3 is 2.68 bits per heavy atom. The van der Waals surface area contributed by atoms with Crippen molar-refractivity contribution in [2.24, 2.45) is 0 Å². The van der Waals surface area contributed by atoms with Crippen LogP contribution >= 0.6 is 0 Å². The molecule has 0 aliphatic carbocycles. The minimum absolute atomic E-state index is 0.377. The van der Waals surface area contributed by atoms with Crippen LogP contribution < -0.4 is 5.32 Å². The molecule has 1 N–H and O–H groups in total. The lowest BCUT2D eigenvalue weighted by Crippen LogP contribution is -2.51. The van der Waals surface area contributed by atoms with Gasteiger partial charge in [-0.15, -0.1) is 0 Å². The largest absolute Gasteiger partial charge is 0.329 e. The van der Waals surface area contributed by atoms with Gasteiger partial charge in [-0.05, 0) is 31.8 Å². The zero-order chi connectivity index (χ0) is 16.7. The van der Waals surface area contributed by atoms with Gasteiger partial charge in [-0.2, -0.15) is 0 Å². The highest BCUT2D eigenvalue weighted by Crippen LogP contribution is 2.20. The molecule has 1 heterocycles. The summed E-state index contributed by atoms with van der Waals surface area (Å²) in [6.45, 7) is 11.0. The Morgan fingerprint density at radius 2 is 2.18 bits per heavy atom. The van der Waals surface area contributed by atoms with Gasteiger partial charge in [-0.1, -0.05) is 38.3 Å². The fraction of sp³-hybridized carbons (Fsp3) is 0.353. The molecule has 1 fully saturated rings. The lowest BCUT2D eigenvalue weighted by molar-refractivity contribution is -0.144. The van der Waals surface area contributed by atoms with Gasteiger partial charge in [0, 0.05) is 11.3 Å². The van der Waals surface area contributed by atoms with Gasteiger partial charge in [-0.3, -0.25) is 19.3 Å². The summed E-state index contributed by atoms with van der Waals surface area (Å²) in [5, 5.41) is 2.59. The molecule has 1 unspecified atom stereocenters. The maximum Gasteiger partial charge on any atom is 0.260 e. The Bertz CT molecular complexity index is 558. The summed E-state index contributed by atoms with van der Waals surface area (Å²) in [6, 6.07) is -0.799. The molecule has 22 heavy (non-hydrogen) atoms. The van der Waals surface area contributed by atoms with Crippen LogP contribution in [0, 0.1) is 0 Å². The van der Waals surface area contributed by atoms with Gasteiger partial charge >= 0.3 is 0 Å². The number of nitrogens with one attached hydrogen (secondary N) is 1. The topological polar surface area (TPSA) is 66.5 Å². The second kappa shape index (κ2) is 8.12. The summed E-state index contributed by atoms with van der Waals surface area (Å²) in [6.07, 6.45) is 7.02. The monoisotopic (exact) mass is 302 g/mol. The van der Waals surface area contributed by atoms with E-state index in [1.807, 2.05) is 6.92 Å². The highest BCUT2D eigenvalue weighted by molar-refractivity contribution is 6.05. The number of allylic oxidation sites excluding steroid dienone is 4. The Balaban J connectivity index is 3.09. The summed E-state index contributed by atoms with van der Waals surface area (Å²) < 4.78 is 0. The number of rotatable bonds is 6. The molecular weight excluding hydrogens is 280 g/mol. The minimum Gasteiger partial charge on any atom is -0.329 e. The van der Waals surface area contributed by atoms with Gasteiger partial charge in [0.1, 0.15) is 6.04 Å². The third-order valence-electron chi connectivity index (χ3n) is 3.44. The third-order valence-corrected chi connectivity index (χ3v) is 3.44. The van der Waals surface area contributed by atoms with Crippen LogP contribution in [0.3, 0.4) is 0 Å². The lowest BCUT2D eigenvalue weighted by atomic mass is 10.00. The molecule has 0 bridgehead atoms. The van der Waals surface area contributed by atoms with Crippen LogP contribution in [-0.2, 0) is 14.4 Å². The predicted molar refractivity (Wildman–Crippen MR) is 85.5 cm³/mol. The normalized spacial score (nSPS) is 19.5. The molecule has 1 rings (SSSR count). The van der Waals surface area contributed by atoms with E-state index in [1.165, 1.54) is 0 Å². The van der Waals surface area contributed by atoms with E-state index in [2.05, 4.69) is 18.5 Å². The van der Waals surface area contributed by atoms with Crippen molar-refractivity contribution in [2.45, 2.75) is 39.2 Å². The van der Waals surface area contributed by atoms with Crippen molar-refractivity contribution in [3.63, 3.8) is 0 Å². The van der Waals surface area contributed by atoms with Crippen LogP contribution in [0.15, 0.2) is 48.2 Å². The summed E-state index contributed by atoms with van der Waals surface area (Å²) >= 11 is 0. The van der Waals surface area contributed by atoms with Crippen molar-refractivity contribution in [2.75, 3.05) is 0 Å². The first-order chi connectivity index (χ1) is 10.5. The second-order valence-electron chi connectivity index (χ2n) is 5.08. The van der Waals surface area contributed by atoms with Gasteiger partial charge in [0.05, 0.1) is 0 Å². The molecule has 118 valence electrons. The summed E-state index contributed by atoms with van der Waals surface area (Å²) in [4.78, 5) is 37.0. The molecule has 0 aromatic heterocycles. The molecule has 5 heteroatoms. The summed E-state index contributed by atoms with van der Waals surface area (Å²) in [7, 11) is 0. The molecule has 0 saturated carbocycles. The standard InChI is InChI=1S/C17H22N2O3/c1-5-7-12(3)14(8-6-2)17(22)19(11-20)15-10-9-13(4)18-16(15)21/h5,7-8,11,15H,1,4,6,9-10H2,2-3H3,(H,18,21)/b12-7-,14-8+. The Labute approximate surface area is 131 Å². The minimum atomic E-state index is -0.799. The second-order valence-corrected chi connectivity index (χ2v) is 5.08. The maximum absolute atomic E-state index is 12.7. The van der Waals surface area contributed by atoms with Crippen molar-refractivity contribution < 1.29 is 14.4 Å². The average Bonchev–Trinajstić information content (AvgIpc) is 2.47. The fourth-order valence-electron chi connectivity index (χ4n) is 2.32. The number of amides is 3. The number of hydrogen-bond acceptors (Lipinski definition) is 3. The van der Waals surface area contributed by atoms with Crippen molar-refractivity contribution in [1.29, 1.82) is 0 Å². The molecule has 3 amide bonds. The van der Waals surface area contributed by atoms with E-state index >= 15 is 0 Å². The van der Waals surface area contributed by atoms with Gasteiger partial charge in [0.15, 0.2) is 0 Å². The average molecular weight is 302 g/mol. The van der Waals surface area contributed by atoms with Crippen LogP contribution in [0.2, 0.25) is 0 Å². The number of carbonyl (C=O) groups excluding carboxylic acids is 3. The number of carbonyl (C=O) groups is 3. The first-order valence-corrected chi connectivity index (χ1v) is 7.22. The quantitative estimate of drug-likeness (QED) is 0.465. The van der Waals surface area contributed by atoms with Crippen molar-refractivity contribution >= 4 is 18.2 Å². The van der Waals surface area contributed by atoms with Gasteiger partial charge in [-0.25, -0.2) is 0 Å². The van der Waals surface area contributed by atoms with Crippen LogP contribution in [0.5, 0.6) is 0 Å². The molecule has 1 atom stereocenters. The third kappa shape index (κ3) is 4.04. The van der Waals surface area contributed by atoms with E-state index in [0.717, 1.165) is 4.90 Å². The van der Waals surface area contributed by atoms with Gasteiger partial charge < -0.3 is 5.32 Å². The van der Waals surface area contributed by atoms with Crippen LogP contribution in [0.25, 0.3) is 0 Å². The van der Waals surface area contributed by atoms with E-state index < -0.39 is 11.9 Å². The smallest absolute Gasteiger partial charge is 0.260 e. The fourth-order valence-corrected chi connectivity index (χ4v) is 2.32. The highest BCUT2D eigenvalue weighted by Gasteiger charge is 2.34. The van der Waals surface area contributed by atoms with Crippen LogP contribution in [0.1, 0.15) is 33.1 Å². The molecule has 0 aromatic carbocycles. The van der Waals surface area contributed by atoms with E-state index in [9.17, 15) is 14.4 Å². The number of imide groups is 1. The Hall–Kier alpha value is -2.43. The molecule has 1 aliphatic rings. The SMILES string of the molecule is C=C/C=C(C)\C(=C/CC)C(=O)N(C=O)C1CCC(=C)NC1=O. The lowest BCUT2D eigenvalue weighted by Gasteiger charge is -2.30. The molecule has 5 nitrogen and oxygen atoms in total. The van der Waals surface area contributed by atoms with Crippen LogP contribution in [-0.4, -0.2) is 29.2 Å². The highest BCUT2D eigenvalue weighted by atomic mass is 16.2. The Kier molecular flexibility index (Phi) is 6.50. The first-order valence-electron chi connectivity index (χ1n) is 7.22. The Morgan fingerprint density at radius 1 is 1.50 bits per heavy atom. The molecule has 0 radical (unpaired) electrons. The zero-order valence-electron chi connectivity index (χ0n) is 13.1. The van der Waals surface area contributed by atoms with E-state index in [-0.39, 0.29) is 5.91 Å². The molecule has 1 saturated heterocycles. The van der Waals surface area contributed by atoms with Gasteiger partial charge in [0.25, 0.3) is 5.91 Å². The molecule has 0 aromatic rings. The molecule has 0 spiro atoms. The summed E-state index contributed by atoms with van der Waals surface area (Å²) in [5.74, 6) is -0.849. The maximum atomic E-state index is 12.7. The number of hydrogen-bond donors (Lipinski definition) is 1. The number of nitrogens with zero attached hydrogens (tertiary/aromatic N) is 1. The van der Waals surface area contributed by atoms with Crippen molar-refractivity contribution in [1.82, 2.24) is 10.2 Å². The van der Waals surface area contributed by atoms with E-state index in [0.29, 0.717) is 42.5 Å². The zero-order valence-corrected chi connectivity index (χ0v) is 13.1. The first kappa shape index (κ1) is 17.6. The summed E-state index contributed by atoms with van der Waals surface area (Å²) in [5.41, 5.74) is 1.72. The number of piperidine rings is 1. The van der Waals surface area contributed by atoms with Crippen LogP contribution in [0.4, 0.5) is 0 Å². The van der Waals surface area contributed by atoms with E-state index in [4.69, 9.17) is 0 Å². The predicted octanol–water partition coefficient (Wildman–Crippen LogP) is 2.23.